The van der Waals surface area contributed by atoms with E-state index in [-0.39, 0.29) is 43.3 Å². The number of halogens is 6. The minimum Gasteiger partial charge on any atom is -0.462 e. The first-order valence-corrected chi connectivity index (χ1v) is 16.2. The van der Waals surface area contributed by atoms with Gasteiger partial charge in [0.25, 0.3) is 0 Å². The third kappa shape index (κ3) is 8.65. The third-order valence-electron chi connectivity index (χ3n) is 7.67. The summed E-state index contributed by atoms with van der Waals surface area (Å²) in [4.78, 5) is 51.6. The lowest BCUT2D eigenvalue weighted by molar-refractivity contribution is -0.156. The van der Waals surface area contributed by atoms with E-state index in [1.54, 1.807) is 0 Å². The fraction of sp³-hybridized carbons (Fsp3) is 0.467. The summed E-state index contributed by atoms with van der Waals surface area (Å²) in [5, 5.41) is -1.46. The Morgan fingerprint density at radius 3 is 1.30 bits per heavy atom. The van der Waals surface area contributed by atoms with Crippen LogP contribution in [0.4, 0.5) is 0 Å². The van der Waals surface area contributed by atoms with Crippen LogP contribution >= 0.6 is 69.6 Å². The number of rotatable bonds is 12. The Bertz CT molecular complexity index is 1370. The second kappa shape index (κ2) is 15.1. The second-order valence-corrected chi connectivity index (χ2v) is 13.4. The molecule has 0 saturated heterocycles. The lowest BCUT2D eigenvalue weighted by Crippen LogP contribution is -2.27. The highest BCUT2D eigenvalue weighted by Gasteiger charge is 2.34. The van der Waals surface area contributed by atoms with E-state index in [4.69, 9.17) is 88.6 Å². The molecule has 8 nitrogen and oxygen atoms in total. The van der Waals surface area contributed by atoms with Gasteiger partial charge < -0.3 is 18.9 Å². The van der Waals surface area contributed by atoms with Crippen molar-refractivity contribution in [2.45, 2.75) is 52.4 Å². The van der Waals surface area contributed by atoms with E-state index in [1.165, 1.54) is 0 Å². The Balaban J connectivity index is 1.47. The Hall–Kier alpha value is -1.94. The van der Waals surface area contributed by atoms with Crippen LogP contribution in [0.15, 0.2) is 12.1 Å². The van der Waals surface area contributed by atoms with Gasteiger partial charge in [-0.3, -0.25) is 0 Å². The summed E-state index contributed by atoms with van der Waals surface area (Å²) in [5.41, 5.74) is -0.912. The molecule has 4 unspecified atom stereocenters. The van der Waals surface area contributed by atoms with E-state index in [1.807, 2.05) is 0 Å². The Morgan fingerprint density at radius 1 is 0.636 bits per heavy atom. The van der Waals surface area contributed by atoms with Crippen molar-refractivity contribution in [3.8, 4) is 11.5 Å². The maximum Gasteiger partial charge on any atom is 0.423 e. The standard InChI is InChI=1S/C30H28Cl6O8/c1-13-9-15(13)5-3-7-41-27(37)21-23(35)17(31)11-19(33)25(21)43-29(39)30(40)44-26-20(34)12-18(32)24(36)22(26)28(38)42-8-4-6-16-10-14(16)2/h11-16H,3-10H2,1-2H3. The van der Waals surface area contributed by atoms with Gasteiger partial charge in [-0.1, -0.05) is 83.5 Å². The SMILES string of the molecule is CC1CC1CCCOC(=O)c1c(Cl)c(Cl)cc(Cl)c1OC(=O)C(=O)Oc1c(Cl)cc(Cl)c(Cl)c1C(=O)OCCCC1CC1C. The Labute approximate surface area is 284 Å². The van der Waals surface area contributed by atoms with Crippen LogP contribution in [0.1, 0.15) is 73.1 Å². The Kier molecular flexibility index (Phi) is 12.0. The van der Waals surface area contributed by atoms with Crippen molar-refractivity contribution < 1.29 is 38.1 Å². The van der Waals surface area contributed by atoms with Gasteiger partial charge in [-0.2, -0.15) is 0 Å². The summed E-state index contributed by atoms with van der Waals surface area (Å²) in [6.45, 7) is 4.45. The van der Waals surface area contributed by atoms with Gasteiger partial charge in [0, 0.05) is 0 Å². The van der Waals surface area contributed by atoms with Crippen LogP contribution in [0.25, 0.3) is 0 Å². The molecule has 2 aromatic carbocycles. The number of carbonyl (C=O) groups excluding carboxylic acids is 4. The average molecular weight is 729 g/mol. The van der Waals surface area contributed by atoms with Gasteiger partial charge in [-0.25, -0.2) is 19.2 Å². The van der Waals surface area contributed by atoms with Gasteiger partial charge in [0.15, 0.2) is 11.5 Å². The number of esters is 4. The van der Waals surface area contributed by atoms with E-state index in [9.17, 15) is 19.2 Å². The van der Waals surface area contributed by atoms with Gasteiger partial charge in [0.1, 0.15) is 11.1 Å². The largest absolute Gasteiger partial charge is 0.462 e. The normalized spacial score (nSPS) is 20.1. The molecule has 2 aliphatic carbocycles. The molecule has 44 heavy (non-hydrogen) atoms. The molecule has 0 aliphatic heterocycles. The molecule has 2 aromatic rings. The summed E-state index contributed by atoms with van der Waals surface area (Å²) in [6, 6.07) is 2.25. The highest BCUT2D eigenvalue weighted by Crippen LogP contribution is 2.43. The van der Waals surface area contributed by atoms with Crippen molar-refractivity contribution in [3.63, 3.8) is 0 Å². The minimum absolute atomic E-state index is 0.0757. The van der Waals surface area contributed by atoms with Gasteiger partial charge in [-0.05, 0) is 74.3 Å². The molecule has 2 fully saturated rings. The van der Waals surface area contributed by atoms with Crippen LogP contribution in [-0.4, -0.2) is 37.1 Å². The zero-order valence-corrected chi connectivity index (χ0v) is 28.2. The lowest BCUT2D eigenvalue weighted by Gasteiger charge is -2.15. The zero-order chi connectivity index (χ0) is 32.3. The van der Waals surface area contributed by atoms with Gasteiger partial charge in [-0.15, -0.1) is 0 Å². The molecule has 2 aliphatic rings. The molecule has 0 bridgehead atoms. The van der Waals surface area contributed by atoms with Crippen molar-refractivity contribution in [3.05, 3.63) is 53.4 Å². The van der Waals surface area contributed by atoms with Crippen LogP contribution < -0.4 is 9.47 Å². The van der Waals surface area contributed by atoms with Crippen LogP contribution in [0.2, 0.25) is 30.1 Å². The maximum absolute atomic E-state index is 12.9. The molecule has 238 valence electrons. The van der Waals surface area contributed by atoms with Gasteiger partial charge >= 0.3 is 23.9 Å². The van der Waals surface area contributed by atoms with Crippen LogP contribution in [-0.2, 0) is 19.1 Å². The van der Waals surface area contributed by atoms with Crippen molar-refractivity contribution >= 4 is 93.5 Å². The van der Waals surface area contributed by atoms with Gasteiger partial charge in [0.2, 0.25) is 0 Å². The van der Waals surface area contributed by atoms with Crippen molar-refractivity contribution in [2.24, 2.45) is 23.7 Å². The smallest absolute Gasteiger partial charge is 0.423 e. The summed E-state index contributed by atoms with van der Waals surface area (Å²) < 4.78 is 20.9. The molecule has 0 radical (unpaired) electrons. The summed E-state index contributed by atoms with van der Waals surface area (Å²) in [7, 11) is 0. The topological polar surface area (TPSA) is 105 Å². The van der Waals surface area contributed by atoms with Crippen molar-refractivity contribution in [2.75, 3.05) is 13.2 Å². The second-order valence-electron chi connectivity index (χ2n) is 11.0. The summed E-state index contributed by atoms with van der Waals surface area (Å²) in [5.74, 6) is -3.85. The average Bonchev–Trinajstić information content (AvgIpc) is 3.87. The van der Waals surface area contributed by atoms with Crippen LogP contribution in [0.5, 0.6) is 11.5 Å². The predicted molar refractivity (Wildman–Crippen MR) is 168 cm³/mol. The van der Waals surface area contributed by atoms with Crippen LogP contribution in [0.3, 0.4) is 0 Å². The van der Waals surface area contributed by atoms with E-state index < -0.39 is 46.5 Å². The molecule has 14 heteroatoms. The first-order valence-electron chi connectivity index (χ1n) is 13.9. The van der Waals surface area contributed by atoms with Crippen molar-refractivity contribution in [1.29, 1.82) is 0 Å². The molecule has 0 spiro atoms. The lowest BCUT2D eigenvalue weighted by atomic mass is 10.2. The number of hydrogen-bond acceptors (Lipinski definition) is 8. The zero-order valence-electron chi connectivity index (χ0n) is 23.7. The molecule has 0 N–H and O–H groups in total. The molecular formula is C30H28Cl6O8. The maximum atomic E-state index is 12.9. The van der Waals surface area contributed by atoms with Crippen molar-refractivity contribution in [1.82, 2.24) is 0 Å². The molecule has 4 atom stereocenters. The number of ether oxygens (including phenoxy) is 4. The summed E-state index contributed by atoms with van der Waals surface area (Å²) in [6.07, 6.45) is 5.27. The molecule has 2 saturated carbocycles. The molecule has 0 aromatic heterocycles. The fourth-order valence-corrected chi connectivity index (χ4v) is 6.20. The predicted octanol–water partition coefficient (Wildman–Crippen LogP) is 9.30. The highest BCUT2D eigenvalue weighted by molar-refractivity contribution is 6.47. The molecule has 0 amide bonds. The number of hydrogen-bond donors (Lipinski definition) is 0. The first kappa shape index (κ1) is 34.9. The minimum atomic E-state index is -1.64. The highest BCUT2D eigenvalue weighted by atomic mass is 35.5. The van der Waals surface area contributed by atoms with Gasteiger partial charge in [0.05, 0.1) is 43.3 Å². The number of carbonyl (C=O) groups is 4. The van der Waals surface area contributed by atoms with E-state index in [2.05, 4.69) is 13.8 Å². The number of benzene rings is 2. The van der Waals surface area contributed by atoms with Crippen LogP contribution in [0, 0.1) is 23.7 Å². The monoisotopic (exact) mass is 726 g/mol. The van der Waals surface area contributed by atoms with E-state index in [0.717, 1.165) is 37.8 Å². The third-order valence-corrected chi connectivity index (χ3v) is 9.81. The first-order chi connectivity index (χ1) is 20.8. The Morgan fingerprint density at radius 2 is 0.977 bits per heavy atom. The molecular weight excluding hydrogens is 701 g/mol. The fourth-order valence-electron chi connectivity index (χ4n) is 4.76. The molecule has 0 heterocycles. The quantitative estimate of drug-likeness (QED) is 0.0700. The summed E-state index contributed by atoms with van der Waals surface area (Å²) >= 11 is 37.1. The van der Waals surface area contributed by atoms with E-state index >= 15 is 0 Å². The molecule has 4 rings (SSSR count). The van der Waals surface area contributed by atoms with E-state index in [0.29, 0.717) is 36.5 Å².